The molecule has 1 aliphatic heterocycles. The number of hydrogen-bond donors (Lipinski definition) is 0. The third-order valence-corrected chi connectivity index (χ3v) is 1.71. The predicted molar refractivity (Wildman–Crippen MR) is 47.4 cm³/mol. The summed E-state index contributed by atoms with van der Waals surface area (Å²) in [7, 11) is 0. The fourth-order valence-corrected chi connectivity index (χ4v) is 1.11. The highest BCUT2D eigenvalue weighted by Gasteiger charge is 2.10. The first-order chi connectivity index (χ1) is 5.29. The van der Waals surface area contributed by atoms with Gasteiger partial charge in [-0.1, -0.05) is 31.9 Å². The maximum Gasteiger partial charge on any atom is 0.0727 e. The smallest absolute Gasteiger partial charge is 0.0727 e. The van der Waals surface area contributed by atoms with Crippen LogP contribution in [0.2, 0.25) is 0 Å². The molecule has 1 heteroatoms. The van der Waals surface area contributed by atoms with Gasteiger partial charge in [-0.2, -0.15) is 0 Å². The summed E-state index contributed by atoms with van der Waals surface area (Å²) in [5.41, 5.74) is 3.16. The minimum atomic E-state index is 0.610. The third kappa shape index (κ3) is 1.49. The monoisotopic (exact) mass is 148 g/mol. The van der Waals surface area contributed by atoms with Crippen molar-refractivity contribution in [3.05, 3.63) is 48.6 Å². The highest BCUT2D eigenvalue weighted by Crippen LogP contribution is 2.20. The van der Waals surface area contributed by atoms with Crippen LogP contribution in [0, 0.1) is 0 Å². The highest BCUT2D eigenvalue weighted by molar-refractivity contribution is 5.46. The number of hydrogen-bond acceptors (Lipinski definition) is 1. The molecule has 0 bridgehead atoms. The number of allylic oxidation sites excluding steroid dienone is 1. The van der Waals surface area contributed by atoms with Crippen molar-refractivity contribution in [2.24, 2.45) is 0 Å². The van der Waals surface area contributed by atoms with Gasteiger partial charge in [0.15, 0.2) is 0 Å². The Morgan fingerprint density at radius 2 is 1.91 bits per heavy atom. The van der Waals surface area contributed by atoms with E-state index in [1.165, 1.54) is 0 Å². The second-order valence-corrected chi connectivity index (χ2v) is 2.44. The second-order valence-electron chi connectivity index (χ2n) is 2.44. The highest BCUT2D eigenvalue weighted by atomic mass is 16.5. The van der Waals surface area contributed by atoms with E-state index in [9.17, 15) is 0 Å². The van der Waals surface area contributed by atoms with Crippen LogP contribution in [-0.2, 0) is 4.74 Å². The molecule has 0 aromatic rings. The van der Waals surface area contributed by atoms with Crippen molar-refractivity contribution in [2.45, 2.75) is 0 Å². The molecule has 58 valence electrons. The number of ether oxygens (including phenoxy) is 1. The zero-order valence-corrected chi connectivity index (χ0v) is 6.60. The molecular weight excluding hydrogens is 136 g/mol. The molecule has 0 saturated heterocycles. The minimum absolute atomic E-state index is 0.610. The molecule has 1 heterocycles. The predicted octanol–water partition coefficient (Wildman–Crippen LogP) is 2.24. The van der Waals surface area contributed by atoms with Gasteiger partial charge < -0.3 is 4.74 Å². The Bertz CT molecular complexity index is 233. The Morgan fingerprint density at radius 1 is 1.18 bits per heavy atom. The van der Waals surface area contributed by atoms with Gasteiger partial charge >= 0.3 is 0 Å². The number of rotatable bonds is 2. The molecule has 0 unspecified atom stereocenters. The molecule has 0 atom stereocenters. The van der Waals surface area contributed by atoms with Gasteiger partial charge in [-0.3, -0.25) is 0 Å². The lowest BCUT2D eigenvalue weighted by molar-refractivity contribution is 0.175. The molecule has 1 aliphatic rings. The van der Waals surface area contributed by atoms with Crippen molar-refractivity contribution in [3.63, 3.8) is 0 Å². The van der Waals surface area contributed by atoms with E-state index in [0.717, 1.165) is 16.7 Å². The van der Waals surface area contributed by atoms with Crippen molar-refractivity contribution in [1.82, 2.24) is 0 Å². The molecule has 0 radical (unpaired) electrons. The molecule has 0 fully saturated rings. The molecule has 0 spiro atoms. The molecule has 1 rings (SSSR count). The van der Waals surface area contributed by atoms with E-state index in [1.807, 2.05) is 6.08 Å². The van der Waals surface area contributed by atoms with Crippen LogP contribution in [0.15, 0.2) is 48.6 Å². The van der Waals surface area contributed by atoms with Crippen LogP contribution in [0.25, 0.3) is 0 Å². The van der Waals surface area contributed by atoms with Crippen molar-refractivity contribution >= 4 is 0 Å². The van der Waals surface area contributed by atoms with Crippen molar-refractivity contribution in [2.75, 3.05) is 13.2 Å². The fraction of sp³-hybridized carbons (Fsp3) is 0.200. The van der Waals surface area contributed by atoms with Crippen molar-refractivity contribution in [1.29, 1.82) is 0 Å². The standard InChI is InChI=1S/C10H12O/c1-4-9-7-11-6-8(3)10(9)5-2/h4-5H,1-3,6-7H2. The van der Waals surface area contributed by atoms with Crippen LogP contribution in [-0.4, -0.2) is 13.2 Å². The lowest BCUT2D eigenvalue weighted by Crippen LogP contribution is -2.11. The summed E-state index contributed by atoms with van der Waals surface area (Å²) in [4.78, 5) is 0. The summed E-state index contributed by atoms with van der Waals surface area (Å²) < 4.78 is 5.24. The summed E-state index contributed by atoms with van der Waals surface area (Å²) >= 11 is 0. The van der Waals surface area contributed by atoms with Crippen LogP contribution in [0.1, 0.15) is 0 Å². The van der Waals surface area contributed by atoms with Gasteiger partial charge in [0.25, 0.3) is 0 Å². The first-order valence-electron chi connectivity index (χ1n) is 3.53. The normalized spacial score (nSPS) is 18.4. The van der Waals surface area contributed by atoms with Gasteiger partial charge in [-0.05, 0) is 16.7 Å². The first-order valence-corrected chi connectivity index (χ1v) is 3.53. The third-order valence-electron chi connectivity index (χ3n) is 1.71. The van der Waals surface area contributed by atoms with Crippen LogP contribution in [0.4, 0.5) is 0 Å². The van der Waals surface area contributed by atoms with Crippen LogP contribution in [0.3, 0.4) is 0 Å². The van der Waals surface area contributed by atoms with Crippen molar-refractivity contribution < 1.29 is 4.74 Å². The molecule has 1 nitrogen and oxygen atoms in total. The Balaban J connectivity index is 3.04. The van der Waals surface area contributed by atoms with E-state index in [2.05, 4.69) is 19.7 Å². The van der Waals surface area contributed by atoms with Crippen LogP contribution >= 0.6 is 0 Å². The fourth-order valence-electron chi connectivity index (χ4n) is 1.11. The summed E-state index contributed by atoms with van der Waals surface area (Å²) in [5, 5.41) is 0. The quantitative estimate of drug-likeness (QED) is 0.583. The van der Waals surface area contributed by atoms with Gasteiger partial charge in [0.2, 0.25) is 0 Å². The van der Waals surface area contributed by atoms with Gasteiger partial charge in [-0.25, -0.2) is 0 Å². The SMILES string of the molecule is C=CC1=C(C=C)C(=C)COC1. The molecule has 0 aromatic heterocycles. The van der Waals surface area contributed by atoms with E-state index < -0.39 is 0 Å². The molecule has 0 aromatic carbocycles. The minimum Gasteiger partial charge on any atom is -0.372 e. The molecule has 0 N–H and O–H groups in total. The van der Waals surface area contributed by atoms with Crippen LogP contribution in [0.5, 0.6) is 0 Å². The maximum atomic E-state index is 5.24. The molecule has 0 aliphatic carbocycles. The van der Waals surface area contributed by atoms with Gasteiger partial charge in [0.1, 0.15) is 0 Å². The van der Waals surface area contributed by atoms with Crippen LogP contribution < -0.4 is 0 Å². The maximum absolute atomic E-state index is 5.24. The topological polar surface area (TPSA) is 9.23 Å². The lowest BCUT2D eigenvalue weighted by Gasteiger charge is -2.18. The largest absolute Gasteiger partial charge is 0.372 e. The average molecular weight is 148 g/mol. The summed E-state index contributed by atoms with van der Waals surface area (Å²) in [6.07, 6.45) is 3.60. The molecule has 11 heavy (non-hydrogen) atoms. The average Bonchev–Trinajstić information content (AvgIpc) is 2.04. The van der Waals surface area contributed by atoms with E-state index >= 15 is 0 Å². The Morgan fingerprint density at radius 3 is 2.36 bits per heavy atom. The molecular formula is C10H12O. The van der Waals surface area contributed by atoms with Gasteiger partial charge in [0, 0.05) is 0 Å². The Kier molecular flexibility index (Phi) is 2.44. The molecule has 0 amide bonds. The Labute approximate surface area is 67.4 Å². The Hall–Kier alpha value is -1.08. The van der Waals surface area contributed by atoms with E-state index in [4.69, 9.17) is 4.74 Å². The summed E-state index contributed by atoms with van der Waals surface area (Å²) in [5.74, 6) is 0. The second kappa shape index (κ2) is 3.35. The van der Waals surface area contributed by atoms with Crippen molar-refractivity contribution in [3.8, 4) is 0 Å². The van der Waals surface area contributed by atoms with Gasteiger partial charge in [0.05, 0.1) is 13.2 Å². The van der Waals surface area contributed by atoms with E-state index in [1.54, 1.807) is 6.08 Å². The first kappa shape index (κ1) is 8.02. The van der Waals surface area contributed by atoms with E-state index in [0.29, 0.717) is 13.2 Å². The zero-order valence-electron chi connectivity index (χ0n) is 6.60. The summed E-state index contributed by atoms with van der Waals surface area (Å²) in [6.45, 7) is 12.5. The van der Waals surface area contributed by atoms with E-state index in [-0.39, 0.29) is 0 Å². The summed E-state index contributed by atoms with van der Waals surface area (Å²) in [6, 6.07) is 0. The van der Waals surface area contributed by atoms with Gasteiger partial charge in [-0.15, -0.1) is 0 Å². The molecule has 0 saturated carbocycles. The lowest BCUT2D eigenvalue weighted by atomic mass is 10.0. The zero-order chi connectivity index (χ0) is 8.27.